The van der Waals surface area contributed by atoms with Crippen molar-refractivity contribution in [1.82, 2.24) is 0 Å². The molecule has 0 bridgehead atoms. The molecule has 0 radical (unpaired) electrons. The summed E-state index contributed by atoms with van der Waals surface area (Å²) in [6.45, 7) is 4.24. The second-order valence-corrected chi connectivity index (χ2v) is 6.69. The maximum absolute atomic E-state index is 12.4. The highest BCUT2D eigenvalue weighted by atomic mass is 16.6. The number of hydrogen-bond acceptors (Lipinski definition) is 8. The summed E-state index contributed by atoms with van der Waals surface area (Å²) in [5.74, 6) is 0.633. The lowest BCUT2D eigenvalue weighted by atomic mass is 10.1. The molecule has 33 heavy (non-hydrogen) atoms. The molecule has 0 heterocycles. The summed E-state index contributed by atoms with van der Waals surface area (Å²) >= 11 is 0. The predicted molar refractivity (Wildman–Crippen MR) is 121 cm³/mol. The Morgan fingerprint density at radius 2 is 1.64 bits per heavy atom. The van der Waals surface area contributed by atoms with Crippen molar-refractivity contribution >= 4 is 18.0 Å². The van der Waals surface area contributed by atoms with E-state index in [-0.39, 0.29) is 24.4 Å². The van der Waals surface area contributed by atoms with Crippen LogP contribution in [-0.4, -0.2) is 39.4 Å². The summed E-state index contributed by atoms with van der Waals surface area (Å²) in [6, 6.07) is 12.0. The standard InChI is InChI=1S/C25H27NO7/c1-5-31-20-10-7-17(14-22(20)29-3)9-12-24(27)33-21-11-8-18(15-23(21)30-4)13-19(16-26)25(28)32-6-2/h7-8,10-11,13-15H,5-6,9,12H2,1-4H3/b19-13+. The molecule has 0 unspecified atom stereocenters. The van der Waals surface area contributed by atoms with Gasteiger partial charge in [0, 0.05) is 6.42 Å². The molecule has 0 amide bonds. The third kappa shape index (κ3) is 7.28. The van der Waals surface area contributed by atoms with Crippen LogP contribution in [-0.2, 0) is 20.7 Å². The van der Waals surface area contributed by atoms with Crippen molar-refractivity contribution in [2.45, 2.75) is 26.7 Å². The van der Waals surface area contributed by atoms with E-state index in [0.717, 1.165) is 5.56 Å². The van der Waals surface area contributed by atoms with Gasteiger partial charge in [0.1, 0.15) is 11.6 Å². The van der Waals surface area contributed by atoms with Crippen molar-refractivity contribution < 1.29 is 33.3 Å². The Kier molecular flexibility index (Phi) is 9.78. The first-order chi connectivity index (χ1) is 15.9. The summed E-state index contributed by atoms with van der Waals surface area (Å²) in [7, 11) is 3.00. The van der Waals surface area contributed by atoms with Gasteiger partial charge < -0.3 is 23.7 Å². The fourth-order valence-corrected chi connectivity index (χ4v) is 2.93. The molecule has 0 aromatic heterocycles. The molecule has 0 fully saturated rings. The third-order valence-corrected chi connectivity index (χ3v) is 4.48. The molecular formula is C25H27NO7. The molecule has 174 valence electrons. The number of benzene rings is 2. The van der Waals surface area contributed by atoms with Crippen molar-refractivity contribution in [2.75, 3.05) is 27.4 Å². The van der Waals surface area contributed by atoms with E-state index in [1.54, 1.807) is 32.2 Å². The van der Waals surface area contributed by atoms with Crippen molar-refractivity contribution in [3.8, 4) is 29.1 Å². The molecule has 8 nitrogen and oxygen atoms in total. The van der Waals surface area contributed by atoms with E-state index in [1.165, 1.54) is 13.2 Å². The number of nitriles is 1. The van der Waals surface area contributed by atoms with Gasteiger partial charge in [0.25, 0.3) is 0 Å². The number of aryl methyl sites for hydroxylation is 1. The second kappa shape index (κ2) is 12.8. The summed E-state index contributed by atoms with van der Waals surface area (Å²) in [5.41, 5.74) is 1.29. The van der Waals surface area contributed by atoms with E-state index < -0.39 is 11.9 Å². The van der Waals surface area contributed by atoms with Gasteiger partial charge in [0.15, 0.2) is 23.0 Å². The Bertz CT molecular complexity index is 1050. The Balaban J connectivity index is 2.07. The Labute approximate surface area is 193 Å². The largest absolute Gasteiger partial charge is 0.493 e. The van der Waals surface area contributed by atoms with E-state index in [1.807, 2.05) is 31.2 Å². The Morgan fingerprint density at radius 3 is 2.27 bits per heavy atom. The van der Waals surface area contributed by atoms with Crippen molar-refractivity contribution in [1.29, 1.82) is 5.26 Å². The monoisotopic (exact) mass is 453 g/mol. The fraction of sp³-hybridized carbons (Fsp3) is 0.320. The van der Waals surface area contributed by atoms with Gasteiger partial charge in [-0.1, -0.05) is 12.1 Å². The van der Waals surface area contributed by atoms with Gasteiger partial charge in [0.2, 0.25) is 0 Å². The molecule has 0 atom stereocenters. The van der Waals surface area contributed by atoms with Crippen molar-refractivity contribution in [2.24, 2.45) is 0 Å². The number of esters is 2. The molecule has 0 spiro atoms. The third-order valence-electron chi connectivity index (χ3n) is 4.48. The van der Waals surface area contributed by atoms with E-state index in [4.69, 9.17) is 23.7 Å². The lowest BCUT2D eigenvalue weighted by molar-refractivity contribution is -0.138. The summed E-state index contributed by atoms with van der Waals surface area (Å²) in [6.07, 6.45) is 1.98. The minimum Gasteiger partial charge on any atom is -0.493 e. The molecule has 2 rings (SSSR count). The first-order valence-electron chi connectivity index (χ1n) is 10.4. The van der Waals surface area contributed by atoms with Crippen LogP contribution in [0.3, 0.4) is 0 Å². The number of carbonyl (C=O) groups is 2. The average Bonchev–Trinajstić information content (AvgIpc) is 2.82. The number of nitrogens with zero attached hydrogens (tertiary/aromatic N) is 1. The van der Waals surface area contributed by atoms with Gasteiger partial charge in [0.05, 0.1) is 27.4 Å². The highest BCUT2D eigenvalue weighted by molar-refractivity contribution is 5.98. The van der Waals surface area contributed by atoms with Gasteiger partial charge >= 0.3 is 11.9 Å². The Hall–Kier alpha value is -3.99. The summed E-state index contributed by atoms with van der Waals surface area (Å²) < 4.78 is 26.4. The van der Waals surface area contributed by atoms with Crippen LogP contribution in [0.25, 0.3) is 6.08 Å². The molecule has 2 aromatic carbocycles. The smallest absolute Gasteiger partial charge is 0.348 e. The molecular weight excluding hydrogens is 426 g/mol. The summed E-state index contributed by atoms with van der Waals surface area (Å²) in [4.78, 5) is 24.2. The van der Waals surface area contributed by atoms with Crippen LogP contribution in [0.15, 0.2) is 42.0 Å². The van der Waals surface area contributed by atoms with Crippen LogP contribution in [0.1, 0.15) is 31.4 Å². The normalized spacial score (nSPS) is 10.7. The van der Waals surface area contributed by atoms with Gasteiger partial charge in [-0.2, -0.15) is 5.26 Å². The van der Waals surface area contributed by atoms with E-state index >= 15 is 0 Å². The molecule has 0 saturated heterocycles. The lowest BCUT2D eigenvalue weighted by Gasteiger charge is -2.12. The van der Waals surface area contributed by atoms with Crippen LogP contribution in [0.2, 0.25) is 0 Å². The quantitative estimate of drug-likeness (QED) is 0.217. The predicted octanol–water partition coefficient (Wildman–Crippen LogP) is 4.11. The van der Waals surface area contributed by atoms with E-state index in [9.17, 15) is 14.9 Å². The average molecular weight is 453 g/mol. The maximum atomic E-state index is 12.4. The van der Waals surface area contributed by atoms with Crippen LogP contribution in [0.5, 0.6) is 23.0 Å². The zero-order valence-corrected chi connectivity index (χ0v) is 19.2. The molecule has 0 aliphatic heterocycles. The molecule has 8 heteroatoms. The molecule has 0 aliphatic rings. The minimum atomic E-state index is -0.708. The minimum absolute atomic E-state index is 0.142. The van der Waals surface area contributed by atoms with Crippen molar-refractivity contribution in [3.63, 3.8) is 0 Å². The number of carbonyl (C=O) groups excluding carboxylic acids is 2. The van der Waals surface area contributed by atoms with Crippen LogP contribution in [0, 0.1) is 11.3 Å². The topological polar surface area (TPSA) is 104 Å². The second-order valence-electron chi connectivity index (χ2n) is 6.69. The SMILES string of the molecule is CCOC(=O)/C(C#N)=C/c1ccc(OC(=O)CCc2ccc(OCC)c(OC)c2)c(OC)c1. The van der Waals surface area contributed by atoms with Gasteiger partial charge in [-0.15, -0.1) is 0 Å². The number of rotatable bonds is 11. The molecule has 0 saturated carbocycles. The molecule has 0 aliphatic carbocycles. The van der Waals surface area contributed by atoms with Gasteiger partial charge in [-0.05, 0) is 61.7 Å². The molecule has 2 aromatic rings. The highest BCUT2D eigenvalue weighted by Crippen LogP contribution is 2.30. The first kappa shape index (κ1) is 25.3. The fourth-order valence-electron chi connectivity index (χ4n) is 2.93. The van der Waals surface area contributed by atoms with Crippen LogP contribution in [0.4, 0.5) is 0 Å². The van der Waals surface area contributed by atoms with E-state index in [0.29, 0.717) is 35.8 Å². The van der Waals surface area contributed by atoms with Crippen LogP contribution >= 0.6 is 0 Å². The zero-order valence-electron chi connectivity index (χ0n) is 19.2. The summed E-state index contributed by atoms with van der Waals surface area (Å²) in [5, 5.41) is 9.18. The number of hydrogen-bond donors (Lipinski definition) is 0. The van der Waals surface area contributed by atoms with Crippen molar-refractivity contribution in [3.05, 3.63) is 53.1 Å². The van der Waals surface area contributed by atoms with E-state index in [2.05, 4.69) is 0 Å². The lowest BCUT2D eigenvalue weighted by Crippen LogP contribution is -2.10. The maximum Gasteiger partial charge on any atom is 0.348 e. The zero-order chi connectivity index (χ0) is 24.2. The number of ether oxygens (including phenoxy) is 5. The Morgan fingerprint density at radius 1 is 0.939 bits per heavy atom. The van der Waals surface area contributed by atoms with Crippen LogP contribution < -0.4 is 18.9 Å². The first-order valence-corrected chi connectivity index (χ1v) is 10.4. The van der Waals surface area contributed by atoms with Gasteiger partial charge in [-0.3, -0.25) is 4.79 Å². The highest BCUT2D eigenvalue weighted by Gasteiger charge is 2.14. The number of methoxy groups -OCH3 is 2. The van der Waals surface area contributed by atoms with Gasteiger partial charge in [-0.25, -0.2) is 4.79 Å². The molecule has 0 N–H and O–H groups in total.